The second-order valence-corrected chi connectivity index (χ2v) is 9.67. The Balaban J connectivity index is 1.70. The van der Waals surface area contributed by atoms with E-state index in [0.29, 0.717) is 12.2 Å². The largest absolute Gasteiger partial charge is 0.336 e. The van der Waals surface area contributed by atoms with Gasteiger partial charge in [-0.15, -0.1) is 11.3 Å². The average Bonchev–Trinajstić information content (AvgIpc) is 3.41. The minimum atomic E-state index is -0.199. The van der Waals surface area contributed by atoms with Crippen molar-refractivity contribution in [3.63, 3.8) is 0 Å². The molecule has 30 heavy (non-hydrogen) atoms. The number of thiophene rings is 1. The van der Waals surface area contributed by atoms with Gasteiger partial charge in [0.05, 0.1) is 55.2 Å². The first kappa shape index (κ1) is 19.7. The first-order chi connectivity index (χ1) is 14.7. The maximum Gasteiger partial charge on any atom is 0.336 e. The summed E-state index contributed by atoms with van der Waals surface area (Å²) >= 11 is 1.68. The highest BCUT2D eigenvalue weighted by Gasteiger charge is 2.28. The van der Waals surface area contributed by atoms with Crippen LogP contribution >= 0.6 is 11.3 Å². The molecule has 2 aliphatic heterocycles. The van der Waals surface area contributed by atoms with Crippen LogP contribution in [0.5, 0.6) is 0 Å². The van der Waals surface area contributed by atoms with E-state index in [9.17, 15) is 9.59 Å². The standard InChI is InChI=1S/C23H28N4O2S/c1-2-24-13-10-18-19(16-24)30-22-20(18)21(28)27(17-8-4-3-5-9-17)23(29)26(22)15-14-25-11-6-7-12-25/h3-5,8-9H,2,6-7,10-16H2,1H3/p+2. The highest BCUT2D eigenvalue weighted by atomic mass is 32.1. The fourth-order valence-corrected chi connectivity index (χ4v) is 6.47. The summed E-state index contributed by atoms with van der Waals surface area (Å²) in [5.41, 5.74) is 1.50. The van der Waals surface area contributed by atoms with Crippen LogP contribution in [0.25, 0.3) is 15.9 Å². The van der Waals surface area contributed by atoms with Crippen molar-refractivity contribution in [2.75, 3.05) is 32.7 Å². The number of likely N-dealkylation sites (tertiary alicyclic amines) is 1. The number of aromatic nitrogens is 2. The number of para-hydroxylation sites is 1. The van der Waals surface area contributed by atoms with E-state index in [-0.39, 0.29) is 11.2 Å². The number of nitrogens with one attached hydrogen (secondary N) is 2. The van der Waals surface area contributed by atoms with Gasteiger partial charge in [-0.2, -0.15) is 0 Å². The number of fused-ring (bicyclic) bond motifs is 3. The molecule has 0 bridgehead atoms. The fraction of sp³-hybridized carbons (Fsp3) is 0.478. The van der Waals surface area contributed by atoms with Gasteiger partial charge >= 0.3 is 5.69 Å². The summed E-state index contributed by atoms with van der Waals surface area (Å²) in [7, 11) is 0. The molecular formula is C23H30N4O2S+2. The number of quaternary nitrogens is 2. The summed E-state index contributed by atoms with van der Waals surface area (Å²) in [4.78, 5) is 32.4. The minimum absolute atomic E-state index is 0.150. The molecule has 0 spiro atoms. The summed E-state index contributed by atoms with van der Waals surface area (Å²) in [5.74, 6) is 0. The monoisotopic (exact) mass is 426 g/mol. The van der Waals surface area contributed by atoms with Gasteiger partial charge in [-0.25, -0.2) is 9.36 Å². The molecule has 0 aliphatic carbocycles. The molecule has 2 N–H and O–H groups in total. The SMILES string of the molecule is CC[NH+]1CCc2c(sc3c2c(=O)n(-c2ccccc2)c(=O)n3CC[NH+]2CCCC2)C1. The van der Waals surface area contributed by atoms with E-state index in [1.54, 1.807) is 21.1 Å². The quantitative estimate of drug-likeness (QED) is 0.597. The van der Waals surface area contributed by atoms with E-state index in [1.807, 2.05) is 34.9 Å². The highest BCUT2D eigenvalue weighted by Crippen LogP contribution is 2.30. The van der Waals surface area contributed by atoms with Crippen molar-refractivity contribution in [2.24, 2.45) is 0 Å². The summed E-state index contributed by atoms with van der Waals surface area (Å²) < 4.78 is 3.29. The Kier molecular flexibility index (Phi) is 5.35. The number of benzene rings is 1. The summed E-state index contributed by atoms with van der Waals surface area (Å²) in [6.45, 7) is 9.30. The van der Waals surface area contributed by atoms with Crippen LogP contribution in [0.1, 0.15) is 30.2 Å². The van der Waals surface area contributed by atoms with Crippen LogP contribution < -0.4 is 21.0 Å². The molecule has 7 heteroatoms. The number of nitrogens with zero attached hydrogens (tertiary/aromatic N) is 2. The molecule has 1 saturated heterocycles. The molecule has 1 atom stereocenters. The summed E-state index contributed by atoms with van der Waals surface area (Å²) in [6, 6.07) is 9.39. The molecule has 0 saturated carbocycles. The molecule has 2 aliphatic rings. The van der Waals surface area contributed by atoms with E-state index in [2.05, 4.69) is 6.92 Å². The Bertz CT molecular complexity index is 1170. The van der Waals surface area contributed by atoms with Crippen molar-refractivity contribution in [1.82, 2.24) is 9.13 Å². The predicted octanol–water partition coefficient (Wildman–Crippen LogP) is -0.146. The van der Waals surface area contributed by atoms with Gasteiger partial charge < -0.3 is 9.80 Å². The molecule has 5 rings (SSSR count). The Morgan fingerprint density at radius 3 is 2.53 bits per heavy atom. The van der Waals surface area contributed by atoms with Crippen molar-refractivity contribution < 1.29 is 9.80 Å². The van der Waals surface area contributed by atoms with Crippen LogP contribution in [0.2, 0.25) is 0 Å². The van der Waals surface area contributed by atoms with Gasteiger partial charge in [-0.3, -0.25) is 9.36 Å². The van der Waals surface area contributed by atoms with E-state index >= 15 is 0 Å². The Morgan fingerprint density at radius 2 is 1.80 bits per heavy atom. The first-order valence-electron chi connectivity index (χ1n) is 11.2. The van der Waals surface area contributed by atoms with E-state index in [1.165, 1.54) is 40.9 Å². The number of hydrogen-bond acceptors (Lipinski definition) is 3. The Hall–Kier alpha value is -2.22. The molecule has 1 unspecified atom stereocenters. The van der Waals surface area contributed by atoms with Gasteiger partial charge in [0.25, 0.3) is 5.56 Å². The molecule has 0 radical (unpaired) electrons. The maximum absolute atomic E-state index is 13.6. The molecular weight excluding hydrogens is 396 g/mol. The second-order valence-electron chi connectivity index (χ2n) is 8.58. The van der Waals surface area contributed by atoms with Gasteiger partial charge in [0.15, 0.2) is 0 Å². The third-order valence-corrected chi connectivity index (χ3v) is 8.06. The van der Waals surface area contributed by atoms with Gasteiger partial charge in [0, 0.05) is 19.3 Å². The lowest BCUT2D eigenvalue weighted by molar-refractivity contribution is -0.913. The smallest absolute Gasteiger partial charge is 0.333 e. The van der Waals surface area contributed by atoms with Crippen molar-refractivity contribution in [3.8, 4) is 5.69 Å². The molecule has 1 fully saturated rings. The zero-order chi connectivity index (χ0) is 20.7. The molecule has 2 aromatic heterocycles. The van der Waals surface area contributed by atoms with Crippen LogP contribution in [-0.4, -0.2) is 41.9 Å². The van der Waals surface area contributed by atoms with Crippen molar-refractivity contribution in [2.45, 2.75) is 39.3 Å². The lowest BCUT2D eigenvalue weighted by Crippen LogP contribution is -3.11. The number of likely N-dealkylation sites (N-methyl/N-ethyl adjacent to an activating group) is 1. The van der Waals surface area contributed by atoms with Crippen LogP contribution in [0.15, 0.2) is 39.9 Å². The Morgan fingerprint density at radius 1 is 1.03 bits per heavy atom. The van der Waals surface area contributed by atoms with Crippen molar-refractivity contribution in [1.29, 1.82) is 0 Å². The molecule has 158 valence electrons. The van der Waals surface area contributed by atoms with Crippen molar-refractivity contribution >= 4 is 21.6 Å². The lowest BCUT2D eigenvalue weighted by atomic mass is 10.1. The third kappa shape index (κ3) is 3.35. The highest BCUT2D eigenvalue weighted by molar-refractivity contribution is 7.18. The number of hydrogen-bond donors (Lipinski definition) is 2. The van der Waals surface area contributed by atoms with Crippen LogP contribution in [-0.2, 0) is 19.5 Å². The molecule has 1 aromatic carbocycles. The van der Waals surface area contributed by atoms with E-state index < -0.39 is 0 Å². The lowest BCUT2D eigenvalue weighted by Gasteiger charge is -2.22. The van der Waals surface area contributed by atoms with Crippen LogP contribution in [0, 0.1) is 0 Å². The summed E-state index contributed by atoms with van der Waals surface area (Å²) in [5, 5.41) is 0.782. The fourth-order valence-electron chi connectivity index (χ4n) is 5.04. The van der Waals surface area contributed by atoms with Crippen molar-refractivity contribution in [3.05, 3.63) is 61.6 Å². The molecule has 4 heterocycles. The van der Waals surface area contributed by atoms with Crippen LogP contribution in [0.3, 0.4) is 0 Å². The summed E-state index contributed by atoms with van der Waals surface area (Å²) in [6.07, 6.45) is 3.45. The van der Waals surface area contributed by atoms with E-state index in [0.717, 1.165) is 42.8 Å². The minimum Gasteiger partial charge on any atom is -0.333 e. The third-order valence-electron chi connectivity index (χ3n) is 6.81. The molecule has 0 amide bonds. The zero-order valence-electron chi connectivity index (χ0n) is 17.6. The molecule has 6 nitrogen and oxygen atoms in total. The normalized spacial score (nSPS) is 19.4. The molecule has 3 aromatic rings. The topological polar surface area (TPSA) is 52.9 Å². The van der Waals surface area contributed by atoms with Gasteiger partial charge in [-0.05, 0) is 24.6 Å². The van der Waals surface area contributed by atoms with Crippen LogP contribution in [0.4, 0.5) is 0 Å². The first-order valence-corrected chi connectivity index (χ1v) is 12.0. The second kappa shape index (κ2) is 8.13. The van der Waals surface area contributed by atoms with Gasteiger partial charge in [0.1, 0.15) is 11.4 Å². The van der Waals surface area contributed by atoms with E-state index in [4.69, 9.17) is 0 Å². The van der Waals surface area contributed by atoms with Gasteiger partial charge in [-0.1, -0.05) is 18.2 Å². The number of rotatable bonds is 5. The van der Waals surface area contributed by atoms with Gasteiger partial charge in [0.2, 0.25) is 0 Å². The zero-order valence-corrected chi connectivity index (χ0v) is 18.4. The predicted molar refractivity (Wildman–Crippen MR) is 120 cm³/mol. The Labute approximate surface area is 180 Å². The average molecular weight is 427 g/mol. The maximum atomic E-state index is 13.6.